The highest BCUT2D eigenvalue weighted by Crippen LogP contribution is 2.05. The number of ether oxygens (including phenoxy) is 1. The van der Waals surface area contributed by atoms with Gasteiger partial charge in [0.1, 0.15) is 5.82 Å². The summed E-state index contributed by atoms with van der Waals surface area (Å²) < 4.78 is 17.4. The Kier molecular flexibility index (Phi) is 5.57. The smallest absolute Gasteiger partial charge is 0.337 e. The third-order valence-corrected chi connectivity index (χ3v) is 3.01. The van der Waals surface area contributed by atoms with Crippen molar-refractivity contribution in [1.82, 2.24) is 5.43 Å². The molecule has 6 heteroatoms. The monoisotopic (exact) mass is 314 g/mol. The molecule has 5 nitrogen and oxygen atoms in total. The minimum absolute atomic E-state index is 0.110. The molecule has 0 radical (unpaired) electrons. The molecule has 0 atom stereocenters. The predicted molar refractivity (Wildman–Crippen MR) is 83.6 cm³/mol. The standard InChI is InChI=1S/C17H15FN2O3/c1-23-17(22)14-6-2-13(3-7-14)11-19-20-16(21)10-12-4-8-15(18)9-5-12/h2-9,11H,10H2,1H3,(H,20,21)/b19-11+. The summed E-state index contributed by atoms with van der Waals surface area (Å²) in [5, 5.41) is 3.84. The molecule has 0 saturated carbocycles. The van der Waals surface area contributed by atoms with E-state index < -0.39 is 5.97 Å². The van der Waals surface area contributed by atoms with Gasteiger partial charge in [-0.15, -0.1) is 0 Å². The number of nitrogens with zero attached hydrogens (tertiary/aromatic N) is 1. The number of hydrogen-bond donors (Lipinski definition) is 1. The lowest BCUT2D eigenvalue weighted by molar-refractivity contribution is -0.120. The Hall–Kier alpha value is -3.02. The van der Waals surface area contributed by atoms with E-state index in [0.29, 0.717) is 11.1 Å². The minimum Gasteiger partial charge on any atom is -0.465 e. The first kappa shape index (κ1) is 16.4. The molecule has 1 amide bonds. The SMILES string of the molecule is COC(=O)c1ccc(/C=N/NC(=O)Cc2ccc(F)cc2)cc1. The molecule has 2 aromatic rings. The Morgan fingerprint density at radius 2 is 1.78 bits per heavy atom. The lowest BCUT2D eigenvalue weighted by atomic mass is 10.1. The van der Waals surface area contributed by atoms with E-state index in [9.17, 15) is 14.0 Å². The number of nitrogens with one attached hydrogen (secondary N) is 1. The molecule has 0 aliphatic heterocycles. The molecule has 0 aliphatic rings. The van der Waals surface area contributed by atoms with Crippen LogP contribution in [-0.4, -0.2) is 25.2 Å². The summed E-state index contributed by atoms with van der Waals surface area (Å²) in [5.74, 6) is -1.07. The van der Waals surface area contributed by atoms with E-state index in [1.165, 1.54) is 25.5 Å². The van der Waals surface area contributed by atoms with Crippen molar-refractivity contribution in [2.45, 2.75) is 6.42 Å². The number of rotatable bonds is 5. The zero-order chi connectivity index (χ0) is 16.7. The molecule has 0 unspecified atom stereocenters. The Morgan fingerprint density at radius 1 is 1.13 bits per heavy atom. The predicted octanol–water partition coefficient (Wildman–Crippen LogP) is 2.31. The Labute approximate surface area is 132 Å². The van der Waals surface area contributed by atoms with Gasteiger partial charge >= 0.3 is 5.97 Å². The Morgan fingerprint density at radius 3 is 2.39 bits per heavy atom. The maximum atomic E-state index is 12.8. The number of hydrazone groups is 1. The van der Waals surface area contributed by atoms with Crippen LogP contribution in [0.4, 0.5) is 4.39 Å². The van der Waals surface area contributed by atoms with E-state index >= 15 is 0 Å². The fourth-order valence-electron chi connectivity index (χ4n) is 1.83. The van der Waals surface area contributed by atoms with Gasteiger partial charge in [0, 0.05) is 0 Å². The molecule has 23 heavy (non-hydrogen) atoms. The second kappa shape index (κ2) is 7.84. The first-order valence-corrected chi connectivity index (χ1v) is 6.83. The lowest BCUT2D eigenvalue weighted by Crippen LogP contribution is -2.19. The van der Waals surface area contributed by atoms with Gasteiger partial charge in [-0.25, -0.2) is 14.6 Å². The molecule has 1 N–H and O–H groups in total. The van der Waals surface area contributed by atoms with Gasteiger partial charge in [-0.05, 0) is 35.4 Å². The van der Waals surface area contributed by atoms with Crippen LogP contribution in [0, 0.1) is 5.82 Å². The number of methoxy groups -OCH3 is 1. The molecular formula is C17H15FN2O3. The number of hydrogen-bond acceptors (Lipinski definition) is 4. The summed E-state index contributed by atoms with van der Waals surface area (Å²) in [6, 6.07) is 12.3. The molecule has 0 aliphatic carbocycles. The van der Waals surface area contributed by atoms with Gasteiger partial charge in [0.2, 0.25) is 5.91 Å². The molecule has 2 rings (SSSR count). The minimum atomic E-state index is -0.416. The summed E-state index contributed by atoms with van der Waals surface area (Å²) in [6.07, 6.45) is 1.57. The number of carbonyl (C=O) groups excluding carboxylic acids is 2. The van der Waals surface area contributed by atoms with Gasteiger partial charge in [0.05, 0.1) is 25.3 Å². The molecule has 118 valence electrons. The maximum absolute atomic E-state index is 12.8. The van der Waals surface area contributed by atoms with Crippen molar-refractivity contribution in [2.75, 3.05) is 7.11 Å². The van der Waals surface area contributed by atoms with Crippen molar-refractivity contribution in [1.29, 1.82) is 0 Å². The molecule has 0 saturated heterocycles. The molecular weight excluding hydrogens is 299 g/mol. The van der Waals surface area contributed by atoms with Crippen LogP contribution in [0.25, 0.3) is 0 Å². The number of halogens is 1. The van der Waals surface area contributed by atoms with E-state index in [4.69, 9.17) is 0 Å². The largest absolute Gasteiger partial charge is 0.465 e. The summed E-state index contributed by atoms with van der Waals surface area (Å²) in [6.45, 7) is 0. The lowest BCUT2D eigenvalue weighted by Gasteiger charge is -2.01. The van der Waals surface area contributed by atoms with Crippen molar-refractivity contribution in [3.63, 3.8) is 0 Å². The molecule has 0 aromatic heterocycles. The first-order valence-electron chi connectivity index (χ1n) is 6.83. The second-order valence-corrected chi connectivity index (χ2v) is 4.71. The van der Waals surface area contributed by atoms with E-state index in [1.807, 2.05) is 0 Å². The third-order valence-electron chi connectivity index (χ3n) is 3.01. The van der Waals surface area contributed by atoms with Gasteiger partial charge in [-0.3, -0.25) is 4.79 Å². The third kappa shape index (κ3) is 5.03. The fraction of sp³-hybridized carbons (Fsp3) is 0.118. The van der Waals surface area contributed by atoms with E-state index in [-0.39, 0.29) is 18.1 Å². The van der Waals surface area contributed by atoms with Crippen LogP contribution in [-0.2, 0) is 16.0 Å². The van der Waals surface area contributed by atoms with Crippen molar-refractivity contribution in [3.05, 3.63) is 71.0 Å². The number of esters is 1. The zero-order valence-electron chi connectivity index (χ0n) is 12.5. The highest BCUT2D eigenvalue weighted by Gasteiger charge is 2.04. The summed E-state index contributed by atoms with van der Waals surface area (Å²) in [5.41, 5.74) is 4.24. The molecule has 0 spiro atoms. The van der Waals surface area contributed by atoms with E-state index in [0.717, 1.165) is 5.56 Å². The molecule has 0 bridgehead atoms. The summed E-state index contributed by atoms with van der Waals surface area (Å²) in [7, 11) is 1.31. The van der Waals surface area contributed by atoms with Gasteiger partial charge in [0.25, 0.3) is 0 Å². The number of amides is 1. The highest BCUT2D eigenvalue weighted by atomic mass is 19.1. The fourth-order valence-corrected chi connectivity index (χ4v) is 1.83. The molecule has 0 fully saturated rings. The van der Waals surface area contributed by atoms with Gasteiger partial charge < -0.3 is 4.74 Å². The average Bonchev–Trinajstić information content (AvgIpc) is 2.57. The van der Waals surface area contributed by atoms with Crippen LogP contribution in [0.3, 0.4) is 0 Å². The number of carbonyl (C=O) groups is 2. The van der Waals surface area contributed by atoms with E-state index in [2.05, 4.69) is 15.3 Å². The normalized spacial score (nSPS) is 10.5. The topological polar surface area (TPSA) is 67.8 Å². The maximum Gasteiger partial charge on any atom is 0.337 e. The Balaban J connectivity index is 1.87. The van der Waals surface area contributed by atoms with Gasteiger partial charge in [-0.2, -0.15) is 5.10 Å². The van der Waals surface area contributed by atoms with E-state index in [1.54, 1.807) is 36.4 Å². The Bertz CT molecular complexity index is 710. The van der Waals surface area contributed by atoms with Gasteiger partial charge in [-0.1, -0.05) is 24.3 Å². The van der Waals surface area contributed by atoms with Crippen molar-refractivity contribution >= 4 is 18.1 Å². The van der Waals surface area contributed by atoms with Crippen LogP contribution in [0.1, 0.15) is 21.5 Å². The van der Waals surface area contributed by atoms with Crippen molar-refractivity contribution in [3.8, 4) is 0 Å². The van der Waals surface area contributed by atoms with Gasteiger partial charge in [0.15, 0.2) is 0 Å². The zero-order valence-corrected chi connectivity index (χ0v) is 12.5. The van der Waals surface area contributed by atoms with Crippen LogP contribution < -0.4 is 5.43 Å². The highest BCUT2D eigenvalue weighted by molar-refractivity contribution is 5.90. The first-order chi connectivity index (χ1) is 11.1. The second-order valence-electron chi connectivity index (χ2n) is 4.71. The van der Waals surface area contributed by atoms with Crippen LogP contribution in [0.15, 0.2) is 53.6 Å². The van der Waals surface area contributed by atoms with Crippen LogP contribution in [0.5, 0.6) is 0 Å². The summed E-state index contributed by atoms with van der Waals surface area (Å²) in [4.78, 5) is 23.0. The number of benzene rings is 2. The molecule has 0 heterocycles. The van der Waals surface area contributed by atoms with Crippen molar-refractivity contribution in [2.24, 2.45) is 5.10 Å². The summed E-state index contributed by atoms with van der Waals surface area (Å²) >= 11 is 0. The van der Waals surface area contributed by atoms with Crippen molar-refractivity contribution < 1.29 is 18.7 Å². The average molecular weight is 314 g/mol. The molecule has 2 aromatic carbocycles. The van der Waals surface area contributed by atoms with Crippen LogP contribution in [0.2, 0.25) is 0 Å². The quantitative estimate of drug-likeness (QED) is 0.523. The van der Waals surface area contributed by atoms with Crippen LogP contribution >= 0.6 is 0 Å².